The highest BCUT2D eigenvalue weighted by Gasteiger charge is 2.17. The third kappa shape index (κ3) is 5.80. The van der Waals surface area contributed by atoms with Crippen molar-refractivity contribution in [2.45, 2.75) is 12.8 Å². The molecule has 0 unspecified atom stereocenters. The second kappa shape index (κ2) is 9.71. The maximum absolute atomic E-state index is 12.2. The topological polar surface area (TPSA) is 148 Å². The predicted molar refractivity (Wildman–Crippen MR) is 108 cm³/mol. The number of carbonyl (C=O) groups excluding carboxylic acids is 2. The number of aromatic nitrogens is 1. The average Bonchev–Trinajstić information content (AvgIpc) is 3.21. The Morgan fingerprint density at radius 1 is 1.10 bits per heavy atom. The van der Waals surface area contributed by atoms with E-state index in [0.29, 0.717) is 17.1 Å². The molecule has 0 atom stereocenters. The van der Waals surface area contributed by atoms with Crippen molar-refractivity contribution >= 4 is 34.9 Å². The number of rotatable bonds is 7. The number of nitrogen functional groups attached to an aromatic ring is 1. The van der Waals surface area contributed by atoms with Gasteiger partial charge in [-0.15, -0.1) is 10.2 Å². The summed E-state index contributed by atoms with van der Waals surface area (Å²) in [7, 11) is 0. The highest BCUT2D eigenvalue weighted by molar-refractivity contribution is 5.91. The fourth-order valence-corrected chi connectivity index (χ4v) is 2.83. The number of nitrogens with two attached hydrogens (primary N) is 2. The van der Waals surface area contributed by atoms with Gasteiger partial charge < -0.3 is 21.5 Å². The number of benzene rings is 1. The van der Waals surface area contributed by atoms with Gasteiger partial charge in [-0.25, -0.2) is 4.98 Å². The van der Waals surface area contributed by atoms with Crippen molar-refractivity contribution in [2.75, 3.05) is 37.2 Å². The van der Waals surface area contributed by atoms with Crippen LogP contribution in [0.15, 0.2) is 46.6 Å². The minimum Gasteiger partial charge on any atom is -0.423 e. The van der Waals surface area contributed by atoms with Crippen LogP contribution in [0.4, 0.5) is 23.0 Å². The highest BCUT2D eigenvalue weighted by Crippen LogP contribution is 2.30. The van der Waals surface area contributed by atoms with Crippen LogP contribution < -0.4 is 21.5 Å². The quantitative estimate of drug-likeness (QED) is 0.367. The number of pyridine rings is 1. The third-order valence-corrected chi connectivity index (χ3v) is 4.26. The first-order valence-electron chi connectivity index (χ1n) is 9.25. The Hall–Kier alpha value is -3.37. The number of anilines is 2. The standard InChI is InChI=1S/C19H23N7O3/c20-11-17(27)22-16-8-7-14(19(21)23-16)25-24-13-5-1-2-6-15(13)29-18(28)12-26-9-3-4-10-26/h1-2,5-8H,3-4,9-12,20H2,(H3,21,22,23,27)/b25-24+. The minimum absolute atomic E-state index is 0.0899. The van der Waals surface area contributed by atoms with Crippen molar-refractivity contribution in [3.8, 4) is 5.75 Å². The van der Waals surface area contributed by atoms with Gasteiger partial charge in [0.2, 0.25) is 5.91 Å². The van der Waals surface area contributed by atoms with Crippen molar-refractivity contribution in [1.29, 1.82) is 0 Å². The molecule has 10 heteroatoms. The van der Waals surface area contributed by atoms with Crippen molar-refractivity contribution in [2.24, 2.45) is 16.0 Å². The van der Waals surface area contributed by atoms with Gasteiger partial charge in [0, 0.05) is 0 Å². The van der Waals surface area contributed by atoms with Crippen molar-refractivity contribution < 1.29 is 14.3 Å². The molecule has 2 heterocycles. The molecule has 0 bridgehead atoms. The van der Waals surface area contributed by atoms with E-state index in [-0.39, 0.29) is 36.6 Å². The first-order valence-corrected chi connectivity index (χ1v) is 9.25. The molecule has 3 rings (SSSR count). The molecule has 1 fully saturated rings. The molecule has 1 aliphatic heterocycles. The van der Waals surface area contributed by atoms with Crippen LogP contribution in [0.2, 0.25) is 0 Å². The number of hydrogen-bond donors (Lipinski definition) is 3. The van der Waals surface area contributed by atoms with Crippen molar-refractivity contribution in [3.05, 3.63) is 36.4 Å². The molecule has 1 aliphatic rings. The van der Waals surface area contributed by atoms with E-state index in [9.17, 15) is 9.59 Å². The van der Waals surface area contributed by atoms with E-state index in [4.69, 9.17) is 16.2 Å². The zero-order valence-corrected chi connectivity index (χ0v) is 15.9. The predicted octanol–water partition coefficient (Wildman–Crippen LogP) is 1.98. The lowest BCUT2D eigenvalue weighted by Crippen LogP contribution is -2.29. The summed E-state index contributed by atoms with van der Waals surface area (Å²) in [5.41, 5.74) is 11.8. The molecule has 0 aliphatic carbocycles. The molecular weight excluding hydrogens is 374 g/mol. The Kier molecular flexibility index (Phi) is 6.82. The minimum atomic E-state index is -0.379. The van der Waals surface area contributed by atoms with Crippen LogP contribution in [-0.4, -0.2) is 47.9 Å². The first-order chi connectivity index (χ1) is 14.0. The maximum atomic E-state index is 12.2. The largest absolute Gasteiger partial charge is 0.423 e. The number of ether oxygens (including phenoxy) is 1. The molecule has 152 valence electrons. The monoisotopic (exact) mass is 397 g/mol. The van der Waals surface area contributed by atoms with Crippen molar-refractivity contribution in [3.63, 3.8) is 0 Å². The highest BCUT2D eigenvalue weighted by atomic mass is 16.5. The SMILES string of the molecule is NCC(=O)Nc1ccc(/N=N/c2ccccc2OC(=O)CN2CCCC2)c(N)n1. The van der Waals surface area contributed by atoms with Gasteiger partial charge >= 0.3 is 5.97 Å². The zero-order chi connectivity index (χ0) is 20.6. The molecule has 0 radical (unpaired) electrons. The molecule has 10 nitrogen and oxygen atoms in total. The number of likely N-dealkylation sites (tertiary alicyclic amines) is 1. The zero-order valence-electron chi connectivity index (χ0n) is 15.9. The summed E-state index contributed by atoms with van der Waals surface area (Å²) in [6, 6.07) is 9.96. The molecule has 1 aromatic heterocycles. The van der Waals surface area contributed by atoms with Crippen LogP contribution in [0.5, 0.6) is 5.75 Å². The number of esters is 1. The normalized spacial score (nSPS) is 14.2. The number of azo groups is 1. The van der Waals surface area contributed by atoms with Gasteiger partial charge in [0.25, 0.3) is 0 Å². The fourth-order valence-electron chi connectivity index (χ4n) is 2.83. The summed E-state index contributed by atoms with van der Waals surface area (Å²) in [5, 5.41) is 10.7. The van der Waals surface area contributed by atoms with E-state index in [2.05, 4.69) is 25.4 Å². The fraction of sp³-hybridized carbons (Fsp3) is 0.316. The smallest absolute Gasteiger partial charge is 0.325 e. The number of carbonyl (C=O) groups is 2. The van der Waals surface area contributed by atoms with Crippen LogP contribution in [0.25, 0.3) is 0 Å². The molecule has 0 spiro atoms. The molecule has 2 aromatic rings. The maximum Gasteiger partial charge on any atom is 0.325 e. The summed E-state index contributed by atoms with van der Waals surface area (Å²) < 4.78 is 5.46. The molecule has 1 saturated heterocycles. The summed E-state index contributed by atoms with van der Waals surface area (Å²) >= 11 is 0. The lowest BCUT2D eigenvalue weighted by molar-refractivity contribution is -0.135. The van der Waals surface area contributed by atoms with Crippen LogP contribution in [0, 0.1) is 0 Å². The molecule has 1 amide bonds. The summed E-state index contributed by atoms with van der Waals surface area (Å²) in [6.07, 6.45) is 2.20. The molecule has 29 heavy (non-hydrogen) atoms. The first kappa shape index (κ1) is 20.4. The van der Waals surface area contributed by atoms with Gasteiger partial charge in [-0.3, -0.25) is 14.5 Å². The average molecular weight is 397 g/mol. The lowest BCUT2D eigenvalue weighted by atomic mass is 10.3. The number of amides is 1. The number of para-hydroxylation sites is 1. The van der Waals surface area contributed by atoms with Gasteiger partial charge in [0.05, 0.1) is 13.1 Å². The number of nitrogens with zero attached hydrogens (tertiary/aromatic N) is 4. The van der Waals surface area contributed by atoms with Crippen LogP contribution in [-0.2, 0) is 9.59 Å². The molecule has 5 N–H and O–H groups in total. The third-order valence-electron chi connectivity index (χ3n) is 4.26. The van der Waals surface area contributed by atoms with E-state index in [1.54, 1.807) is 36.4 Å². The van der Waals surface area contributed by atoms with E-state index in [1.807, 2.05) is 0 Å². The van der Waals surface area contributed by atoms with Gasteiger partial charge in [0.15, 0.2) is 11.6 Å². The second-order valence-corrected chi connectivity index (χ2v) is 6.48. The van der Waals surface area contributed by atoms with Gasteiger partial charge in [-0.1, -0.05) is 12.1 Å². The molecule has 0 saturated carbocycles. The van der Waals surface area contributed by atoms with E-state index >= 15 is 0 Å². The molecule has 1 aromatic carbocycles. The van der Waals surface area contributed by atoms with Crippen LogP contribution in [0.3, 0.4) is 0 Å². The summed E-state index contributed by atoms with van der Waals surface area (Å²) in [4.78, 5) is 29.6. The Morgan fingerprint density at radius 3 is 2.55 bits per heavy atom. The van der Waals surface area contributed by atoms with E-state index < -0.39 is 0 Å². The number of nitrogens with one attached hydrogen (secondary N) is 1. The van der Waals surface area contributed by atoms with Crippen molar-refractivity contribution in [1.82, 2.24) is 9.88 Å². The summed E-state index contributed by atoms with van der Waals surface area (Å²) in [6.45, 7) is 1.91. The second-order valence-electron chi connectivity index (χ2n) is 6.48. The van der Waals surface area contributed by atoms with Crippen LogP contribution in [0.1, 0.15) is 12.8 Å². The van der Waals surface area contributed by atoms with Gasteiger partial charge in [-0.05, 0) is 50.2 Å². The van der Waals surface area contributed by atoms with Gasteiger partial charge in [-0.2, -0.15) is 0 Å². The Balaban J connectivity index is 1.69. The van der Waals surface area contributed by atoms with E-state index in [1.165, 1.54) is 0 Å². The van der Waals surface area contributed by atoms with Crippen LogP contribution >= 0.6 is 0 Å². The Bertz CT molecular complexity index is 910. The number of hydrogen-bond acceptors (Lipinski definition) is 9. The van der Waals surface area contributed by atoms with Gasteiger partial charge in [0.1, 0.15) is 17.2 Å². The Morgan fingerprint density at radius 2 is 1.83 bits per heavy atom. The van der Waals surface area contributed by atoms with E-state index in [0.717, 1.165) is 25.9 Å². The Labute approximate surface area is 167 Å². The lowest BCUT2D eigenvalue weighted by Gasteiger charge is -2.13. The molecular formula is C19H23N7O3. The summed E-state index contributed by atoms with van der Waals surface area (Å²) in [5.74, 6) is -0.0364.